The first-order valence-electron chi connectivity index (χ1n) is 10.5. The fraction of sp³-hybridized carbons (Fsp3) is 0.684. The number of alkyl halides is 4. The number of nitrogens with zero attached hydrogens (tertiary/aromatic N) is 4. The van der Waals surface area contributed by atoms with Gasteiger partial charge in [0, 0.05) is 55.8 Å². The third kappa shape index (κ3) is 9.06. The van der Waals surface area contributed by atoms with Gasteiger partial charge in [-0.05, 0) is 19.9 Å². The molecule has 1 heterocycles. The van der Waals surface area contributed by atoms with Gasteiger partial charge in [0.2, 0.25) is 7.58 Å². The molecule has 1 aromatic heterocycles. The summed E-state index contributed by atoms with van der Waals surface area (Å²) in [5.41, 5.74) is 0.258. The van der Waals surface area contributed by atoms with E-state index in [0.29, 0.717) is 26.2 Å². The Bertz CT molecular complexity index is 821. The average Bonchev–Trinajstić information content (AvgIpc) is 2.78. The number of aromatic nitrogens is 1. The van der Waals surface area contributed by atoms with E-state index in [4.69, 9.17) is 55.7 Å². The quantitative estimate of drug-likeness (QED) is 0.0855. The SMILES string of the molecule is CCOC(=O)CC(OP(=N)(N(CCCl)CCCl)N(CCCl)CCCl)c1ccc([N+](=O)[O-])c(C)n1. The molecular weight excluding hydrogens is 551 g/mol. The van der Waals surface area contributed by atoms with Gasteiger partial charge in [-0.2, -0.15) is 0 Å². The van der Waals surface area contributed by atoms with E-state index in [1.807, 2.05) is 0 Å². The van der Waals surface area contributed by atoms with Crippen molar-refractivity contribution in [3.05, 3.63) is 33.6 Å². The highest BCUT2D eigenvalue weighted by Crippen LogP contribution is 2.58. The largest absolute Gasteiger partial charge is 0.466 e. The Morgan fingerprint density at radius 2 is 1.62 bits per heavy atom. The summed E-state index contributed by atoms with van der Waals surface area (Å²) in [4.78, 5) is 27.4. The van der Waals surface area contributed by atoms with Crippen molar-refractivity contribution in [2.45, 2.75) is 26.4 Å². The molecule has 0 fully saturated rings. The molecule has 10 nitrogen and oxygen atoms in total. The maximum absolute atomic E-state index is 12.4. The van der Waals surface area contributed by atoms with E-state index in [9.17, 15) is 20.1 Å². The van der Waals surface area contributed by atoms with E-state index in [0.717, 1.165) is 0 Å². The third-order valence-electron chi connectivity index (χ3n) is 4.67. The predicted molar refractivity (Wildman–Crippen MR) is 136 cm³/mol. The summed E-state index contributed by atoms with van der Waals surface area (Å²) >= 11 is 24.1. The molecule has 0 aliphatic carbocycles. The number of carbonyl (C=O) groups excluding carboxylic acids is 1. The topological polar surface area (TPSA) is 122 Å². The minimum atomic E-state index is -3.40. The Morgan fingerprint density at radius 3 is 2.00 bits per heavy atom. The van der Waals surface area contributed by atoms with Crippen LogP contribution in [0.3, 0.4) is 0 Å². The first-order chi connectivity index (χ1) is 16.2. The van der Waals surface area contributed by atoms with Gasteiger partial charge in [-0.3, -0.25) is 20.1 Å². The molecule has 1 atom stereocenters. The average molecular weight is 581 g/mol. The van der Waals surface area contributed by atoms with E-state index in [-0.39, 0.29) is 53.6 Å². The summed E-state index contributed by atoms with van der Waals surface area (Å²) in [6, 6.07) is 2.72. The summed E-state index contributed by atoms with van der Waals surface area (Å²) in [5.74, 6) is 0.309. The number of nitrogens with one attached hydrogen (secondary N) is 1. The van der Waals surface area contributed by atoms with Gasteiger partial charge in [-0.15, -0.1) is 46.4 Å². The molecule has 0 saturated heterocycles. The Balaban J connectivity index is 3.57. The maximum Gasteiger partial charge on any atom is 0.308 e. The summed E-state index contributed by atoms with van der Waals surface area (Å²) in [5, 5.41) is 20.7. The van der Waals surface area contributed by atoms with Crippen LogP contribution in [-0.4, -0.2) is 81.5 Å². The van der Waals surface area contributed by atoms with Crippen LogP contribution < -0.4 is 0 Å². The van der Waals surface area contributed by atoms with Crippen LogP contribution in [0.15, 0.2) is 12.1 Å². The first kappa shape index (κ1) is 31.3. The molecule has 0 amide bonds. The number of aryl methyl sites for hydroxylation is 1. The second-order valence-electron chi connectivity index (χ2n) is 6.91. The van der Waals surface area contributed by atoms with Crippen LogP contribution in [0.4, 0.5) is 5.69 Å². The second-order valence-corrected chi connectivity index (χ2v) is 10.9. The molecule has 194 valence electrons. The van der Waals surface area contributed by atoms with Crippen molar-refractivity contribution < 1.29 is 19.0 Å². The number of rotatable bonds is 17. The van der Waals surface area contributed by atoms with Crippen molar-refractivity contribution in [3.8, 4) is 0 Å². The first-order valence-corrected chi connectivity index (χ1v) is 14.3. The molecule has 1 aromatic rings. The molecule has 0 aliphatic heterocycles. The van der Waals surface area contributed by atoms with Gasteiger partial charge in [-0.25, -0.2) is 14.3 Å². The van der Waals surface area contributed by atoms with Gasteiger partial charge < -0.3 is 9.26 Å². The van der Waals surface area contributed by atoms with Gasteiger partial charge in [0.25, 0.3) is 5.69 Å². The van der Waals surface area contributed by atoms with Crippen LogP contribution in [0.25, 0.3) is 0 Å². The molecule has 0 saturated carbocycles. The van der Waals surface area contributed by atoms with Gasteiger partial charge in [-0.1, -0.05) is 0 Å². The van der Waals surface area contributed by atoms with Crippen molar-refractivity contribution >= 4 is 65.6 Å². The zero-order valence-electron chi connectivity index (χ0n) is 19.1. The molecule has 1 unspecified atom stereocenters. The summed E-state index contributed by atoms with van der Waals surface area (Å²) in [6.45, 7) is 4.52. The smallest absolute Gasteiger partial charge is 0.308 e. The number of hydrogen-bond donors (Lipinski definition) is 1. The molecule has 0 aromatic carbocycles. The Hall–Kier alpha value is -0.710. The fourth-order valence-electron chi connectivity index (χ4n) is 3.16. The highest BCUT2D eigenvalue weighted by Gasteiger charge is 2.38. The van der Waals surface area contributed by atoms with E-state index in [1.165, 1.54) is 19.1 Å². The van der Waals surface area contributed by atoms with E-state index >= 15 is 0 Å². The van der Waals surface area contributed by atoms with Gasteiger partial charge >= 0.3 is 5.97 Å². The molecule has 0 radical (unpaired) electrons. The fourth-order valence-corrected chi connectivity index (χ4v) is 7.09. The van der Waals surface area contributed by atoms with Crippen molar-refractivity contribution in [3.63, 3.8) is 0 Å². The molecule has 15 heteroatoms. The minimum absolute atomic E-state index is 0.158. The lowest BCUT2D eigenvalue weighted by molar-refractivity contribution is -0.385. The highest BCUT2D eigenvalue weighted by molar-refractivity contribution is 7.55. The lowest BCUT2D eigenvalue weighted by atomic mass is 10.1. The number of pyridine rings is 1. The molecule has 0 bridgehead atoms. The zero-order valence-corrected chi connectivity index (χ0v) is 23.0. The highest BCUT2D eigenvalue weighted by atomic mass is 35.5. The number of nitro groups is 1. The van der Waals surface area contributed by atoms with Crippen LogP contribution in [0.1, 0.15) is 30.8 Å². The third-order valence-corrected chi connectivity index (χ3v) is 8.23. The Kier molecular flexibility index (Phi) is 14.8. The van der Waals surface area contributed by atoms with Crippen molar-refractivity contribution in [2.24, 2.45) is 0 Å². The van der Waals surface area contributed by atoms with Crippen LogP contribution in [0.5, 0.6) is 0 Å². The number of carbonyl (C=O) groups is 1. The van der Waals surface area contributed by atoms with Crippen molar-refractivity contribution in [2.75, 3.05) is 56.3 Å². The monoisotopic (exact) mass is 579 g/mol. The lowest BCUT2D eigenvalue weighted by Gasteiger charge is -2.42. The van der Waals surface area contributed by atoms with Crippen LogP contribution in [0.2, 0.25) is 0 Å². The summed E-state index contributed by atoms with van der Waals surface area (Å²) in [6.07, 6.45) is -1.27. The van der Waals surface area contributed by atoms with E-state index < -0.39 is 24.6 Å². The zero-order chi connectivity index (χ0) is 25.7. The van der Waals surface area contributed by atoms with Gasteiger partial charge in [0.05, 0.1) is 23.6 Å². The molecule has 1 N–H and O–H groups in total. The van der Waals surface area contributed by atoms with Crippen LogP contribution >= 0.6 is 54.0 Å². The summed E-state index contributed by atoms with van der Waals surface area (Å²) < 4.78 is 14.9. The normalized spacial score (nSPS) is 12.8. The van der Waals surface area contributed by atoms with E-state index in [2.05, 4.69) is 4.98 Å². The van der Waals surface area contributed by atoms with Crippen LogP contribution in [0, 0.1) is 22.2 Å². The number of ether oxygens (including phenoxy) is 1. The Labute approximate surface area is 220 Å². The molecule has 34 heavy (non-hydrogen) atoms. The van der Waals surface area contributed by atoms with E-state index in [1.54, 1.807) is 16.3 Å². The van der Waals surface area contributed by atoms with Gasteiger partial charge in [0.15, 0.2) is 0 Å². The molecule has 0 aliphatic rings. The molecular formula is C19H30Cl4N5O5P. The lowest BCUT2D eigenvalue weighted by Crippen LogP contribution is -2.38. The maximum atomic E-state index is 12.4. The van der Waals surface area contributed by atoms with Crippen molar-refractivity contribution in [1.29, 1.82) is 5.16 Å². The summed E-state index contributed by atoms with van der Waals surface area (Å²) in [7, 11) is -3.40. The standard InChI is InChI=1S/C19H30Cl4N5O5P/c1-3-32-19(29)14-18(16-4-5-17(28(30)31)15(2)25-16)33-34(24,26(10-6-20)11-7-21)27(12-8-22)13-9-23/h4-5,18,24H,3,6-14H2,1-2H3. The van der Waals surface area contributed by atoms with Crippen molar-refractivity contribution in [1.82, 2.24) is 14.3 Å². The van der Waals surface area contributed by atoms with Gasteiger partial charge in [0.1, 0.15) is 11.8 Å². The molecule has 0 spiro atoms. The predicted octanol–water partition coefficient (Wildman–Crippen LogP) is 5.39. The van der Waals surface area contributed by atoms with Crippen LogP contribution in [-0.2, 0) is 14.1 Å². The Morgan fingerprint density at radius 1 is 1.12 bits per heavy atom. The minimum Gasteiger partial charge on any atom is -0.466 e. The number of halogens is 4. The number of hydrogen-bond acceptors (Lipinski definition) is 7. The number of esters is 1. The molecule has 1 rings (SSSR count). The second kappa shape index (κ2) is 16.1.